The third-order valence-electron chi connectivity index (χ3n) is 1.77. The van der Waals surface area contributed by atoms with Crippen LogP contribution in [0.25, 0.3) is 11.3 Å². The fraction of sp³-hybridized carbons (Fsp3) is 0. The number of halogens is 1. The molecule has 0 saturated carbocycles. The summed E-state index contributed by atoms with van der Waals surface area (Å²) in [5, 5.41) is 3.37. The highest BCUT2D eigenvalue weighted by atomic mass is 35.5. The van der Waals surface area contributed by atoms with E-state index in [1.54, 1.807) is 0 Å². The normalized spacial score (nSPS) is 10.1. The second-order valence-corrected chi connectivity index (χ2v) is 3.98. The molecule has 0 radical (unpaired) electrons. The molecule has 1 aromatic carbocycles. The number of hydrogen-bond acceptors (Lipinski definition) is 4. The van der Waals surface area contributed by atoms with Gasteiger partial charge >= 0.3 is 0 Å². The van der Waals surface area contributed by atoms with E-state index in [-0.39, 0.29) is 0 Å². The molecule has 0 saturated heterocycles. The number of thiazole rings is 1. The highest BCUT2D eigenvalue weighted by Crippen LogP contribution is 2.25. The van der Waals surface area contributed by atoms with E-state index in [9.17, 15) is 0 Å². The predicted molar refractivity (Wildman–Crippen MR) is 60.4 cm³/mol. The summed E-state index contributed by atoms with van der Waals surface area (Å²) in [4.78, 5) is 4.27. The number of nitrogens with two attached hydrogens (primary N) is 1. The van der Waals surface area contributed by atoms with Crippen molar-refractivity contribution in [2.75, 3.05) is 5.43 Å². The standard InChI is InChI=1S/C9H8ClN3S/c10-7-3-1-6(2-4-7)8-5-14-9(12-8)13-11/h1-5H,11H2,(H,12,13). The van der Waals surface area contributed by atoms with Crippen molar-refractivity contribution in [2.24, 2.45) is 5.84 Å². The molecule has 0 atom stereocenters. The number of nitrogens with one attached hydrogen (secondary N) is 1. The number of hydrazine groups is 1. The van der Waals surface area contributed by atoms with Crippen LogP contribution < -0.4 is 11.3 Å². The van der Waals surface area contributed by atoms with E-state index >= 15 is 0 Å². The topological polar surface area (TPSA) is 50.9 Å². The average Bonchev–Trinajstić information content (AvgIpc) is 2.67. The van der Waals surface area contributed by atoms with Crippen LogP contribution in [0.2, 0.25) is 5.02 Å². The van der Waals surface area contributed by atoms with E-state index in [4.69, 9.17) is 17.4 Å². The molecule has 0 bridgehead atoms. The Balaban J connectivity index is 2.34. The fourth-order valence-electron chi connectivity index (χ4n) is 1.09. The SMILES string of the molecule is NNc1nc(-c2ccc(Cl)cc2)cs1. The Morgan fingerprint density at radius 3 is 2.57 bits per heavy atom. The predicted octanol–water partition coefficient (Wildman–Crippen LogP) is 2.75. The fourth-order valence-corrected chi connectivity index (χ4v) is 1.85. The van der Waals surface area contributed by atoms with Crippen molar-refractivity contribution in [2.45, 2.75) is 0 Å². The number of aromatic nitrogens is 1. The summed E-state index contributed by atoms with van der Waals surface area (Å²) in [5.74, 6) is 5.24. The van der Waals surface area contributed by atoms with Gasteiger partial charge in [-0.05, 0) is 12.1 Å². The van der Waals surface area contributed by atoms with Crippen LogP contribution in [0, 0.1) is 0 Å². The Morgan fingerprint density at radius 1 is 1.29 bits per heavy atom. The Morgan fingerprint density at radius 2 is 2.00 bits per heavy atom. The summed E-state index contributed by atoms with van der Waals surface area (Å²) >= 11 is 7.25. The molecule has 0 aliphatic heterocycles. The Hall–Kier alpha value is -1.10. The first-order valence-corrected chi connectivity index (χ1v) is 5.23. The molecule has 2 aromatic rings. The molecule has 0 spiro atoms. The lowest BCUT2D eigenvalue weighted by Crippen LogP contribution is -2.05. The molecule has 0 aliphatic carbocycles. The number of rotatable bonds is 2. The molecule has 3 nitrogen and oxygen atoms in total. The molecule has 1 aromatic heterocycles. The Bertz CT molecular complexity index is 424. The van der Waals surface area contributed by atoms with Crippen LogP contribution in [-0.2, 0) is 0 Å². The monoisotopic (exact) mass is 225 g/mol. The molecular weight excluding hydrogens is 218 g/mol. The van der Waals surface area contributed by atoms with Gasteiger partial charge in [0.2, 0.25) is 0 Å². The van der Waals surface area contributed by atoms with Gasteiger partial charge in [-0.2, -0.15) is 0 Å². The van der Waals surface area contributed by atoms with Gasteiger partial charge in [0.1, 0.15) is 0 Å². The first-order valence-electron chi connectivity index (χ1n) is 3.97. The van der Waals surface area contributed by atoms with Crippen LogP contribution in [0.4, 0.5) is 5.13 Å². The third kappa shape index (κ3) is 1.87. The molecule has 14 heavy (non-hydrogen) atoms. The highest BCUT2D eigenvalue weighted by molar-refractivity contribution is 7.14. The first-order chi connectivity index (χ1) is 6.79. The van der Waals surface area contributed by atoms with Crippen molar-refractivity contribution in [3.05, 3.63) is 34.7 Å². The second kappa shape index (κ2) is 3.96. The van der Waals surface area contributed by atoms with E-state index in [1.807, 2.05) is 29.6 Å². The summed E-state index contributed by atoms with van der Waals surface area (Å²) in [6, 6.07) is 7.53. The van der Waals surface area contributed by atoms with Crippen molar-refractivity contribution in [3.8, 4) is 11.3 Å². The maximum absolute atomic E-state index is 5.78. The average molecular weight is 226 g/mol. The summed E-state index contributed by atoms with van der Waals surface area (Å²) in [7, 11) is 0. The van der Waals surface area contributed by atoms with Gasteiger partial charge in [0.25, 0.3) is 0 Å². The van der Waals surface area contributed by atoms with E-state index in [0.29, 0.717) is 5.13 Å². The number of anilines is 1. The van der Waals surface area contributed by atoms with Crippen LogP contribution in [-0.4, -0.2) is 4.98 Å². The van der Waals surface area contributed by atoms with Crippen molar-refractivity contribution in [1.82, 2.24) is 4.98 Å². The molecule has 0 amide bonds. The van der Waals surface area contributed by atoms with E-state index in [2.05, 4.69) is 10.4 Å². The van der Waals surface area contributed by atoms with Gasteiger partial charge in [0.15, 0.2) is 5.13 Å². The lowest BCUT2D eigenvalue weighted by atomic mass is 10.2. The molecule has 1 heterocycles. The lowest BCUT2D eigenvalue weighted by Gasteiger charge is -1.95. The maximum Gasteiger partial charge on any atom is 0.197 e. The summed E-state index contributed by atoms with van der Waals surface area (Å²) < 4.78 is 0. The zero-order valence-corrected chi connectivity index (χ0v) is 8.77. The summed E-state index contributed by atoms with van der Waals surface area (Å²) in [5.41, 5.74) is 4.45. The number of nitrogen functional groups attached to an aromatic ring is 1. The zero-order valence-electron chi connectivity index (χ0n) is 7.20. The van der Waals surface area contributed by atoms with Crippen LogP contribution in [0.15, 0.2) is 29.6 Å². The smallest absolute Gasteiger partial charge is 0.197 e. The van der Waals surface area contributed by atoms with Gasteiger partial charge < -0.3 is 0 Å². The van der Waals surface area contributed by atoms with Gasteiger partial charge in [0, 0.05) is 16.0 Å². The van der Waals surface area contributed by atoms with Gasteiger partial charge in [-0.25, -0.2) is 10.8 Å². The highest BCUT2D eigenvalue weighted by Gasteiger charge is 2.02. The number of nitrogens with zero attached hydrogens (tertiary/aromatic N) is 1. The van der Waals surface area contributed by atoms with Crippen molar-refractivity contribution >= 4 is 28.1 Å². The summed E-state index contributed by atoms with van der Waals surface area (Å²) in [6.45, 7) is 0. The zero-order chi connectivity index (χ0) is 9.97. The molecule has 0 fully saturated rings. The molecule has 0 aliphatic rings. The maximum atomic E-state index is 5.78. The van der Waals surface area contributed by atoms with Crippen LogP contribution in [0.3, 0.4) is 0 Å². The van der Waals surface area contributed by atoms with Crippen LogP contribution in [0.5, 0.6) is 0 Å². The third-order valence-corrected chi connectivity index (χ3v) is 2.79. The molecule has 5 heteroatoms. The minimum atomic E-state index is 0.704. The quantitative estimate of drug-likeness (QED) is 0.611. The van der Waals surface area contributed by atoms with E-state index in [0.717, 1.165) is 16.3 Å². The van der Waals surface area contributed by atoms with Crippen LogP contribution >= 0.6 is 22.9 Å². The van der Waals surface area contributed by atoms with Crippen molar-refractivity contribution < 1.29 is 0 Å². The van der Waals surface area contributed by atoms with E-state index < -0.39 is 0 Å². The lowest BCUT2D eigenvalue weighted by molar-refractivity contribution is 1.29. The molecule has 72 valence electrons. The Kier molecular flexibility index (Phi) is 2.67. The van der Waals surface area contributed by atoms with E-state index in [1.165, 1.54) is 11.3 Å². The molecular formula is C9H8ClN3S. The number of hydrogen-bond donors (Lipinski definition) is 2. The van der Waals surface area contributed by atoms with Gasteiger partial charge in [-0.1, -0.05) is 23.7 Å². The van der Waals surface area contributed by atoms with Crippen molar-refractivity contribution in [1.29, 1.82) is 0 Å². The largest absolute Gasteiger partial charge is 0.300 e. The Labute approximate surface area is 90.5 Å². The molecule has 2 rings (SSSR count). The van der Waals surface area contributed by atoms with Gasteiger partial charge in [-0.15, -0.1) is 11.3 Å². The van der Waals surface area contributed by atoms with Crippen molar-refractivity contribution in [3.63, 3.8) is 0 Å². The van der Waals surface area contributed by atoms with Crippen LogP contribution in [0.1, 0.15) is 0 Å². The molecule has 0 unspecified atom stereocenters. The minimum absolute atomic E-state index is 0.704. The minimum Gasteiger partial charge on any atom is -0.300 e. The molecule has 3 N–H and O–H groups in total. The first kappa shape index (κ1) is 9.45. The van der Waals surface area contributed by atoms with Gasteiger partial charge in [-0.3, -0.25) is 5.43 Å². The summed E-state index contributed by atoms with van der Waals surface area (Å²) in [6.07, 6.45) is 0. The second-order valence-electron chi connectivity index (χ2n) is 2.69. The van der Waals surface area contributed by atoms with Gasteiger partial charge in [0.05, 0.1) is 5.69 Å². The number of benzene rings is 1.